The van der Waals surface area contributed by atoms with Gasteiger partial charge in [0.2, 0.25) is 5.95 Å². The average Bonchev–Trinajstić information content (AvgIpc) is 2.85. The third-order valence-corrected chi connectivity index (χ3v) is 5.17. The lowest BCUT2D eigenvalue weighted by molar-refractivity contribution is -0.139. The fourth-order valence-electron chi connectivity index (χ4n) is 3.52. The van der Waals surface area contributed by atoms with Crippen LogP contribution < -0.4 is 10.2 Å². The number of nitrogens with zero attached hydrogens (tertiary/aromatic N) is 4. The fourth-order valence-corrected chi connectivity index (χ4v) is 3.52. The molecule has 1 aliphatic rings. The van der Waals surface area contributed by atoms with Crippen LogP contribution >= 0.6 is 0 Å². The van der Waals surface area contributed by atoms with Gasteiger partial charge < -0.3 is 19.7 Å². The monoisotopic (exact) mass is 491 g/mol. The number of halogens is 4. The third-order valence-electron chi connectivity index (χ3n) is 5.17. The number of pyridine rings is 1. The fraction of sp³-hybridized carbons (Fsp3) is 0.304. The Morgan fingerprint density at radius 2 is 1.94 bits per heavy atom. The summed E-state index contributed by atoms with van der Waals surface area (Å²) >= 11 is 0. The zero-order valence-corrected chi connectivity index (χ0v) is 18.6. The molecule has 3 heterocycles. The minimum atomic E-state index is -4.84. The Labute approximate surface area is 197 Å². The van der Waals surface area contributed by atoms with Gasteiger partial charge in [-0.1, -0.05) is 0 Å². The number of hydrogen-bond donors (Lipinski definition) is 1. The van der Waals surface area contributed by atoms with Crippen LogP contribution in [0.1, 0.15) is 22.8 Å². The summed E-state index contributed by atoms with van der Waals surface area (Å²) in [6.07, 6.45) is -0.420. The van der Waals surface area contributed by atoms with E-state index in [2.05, 4.69) is 20.3 Å². The van der Waals surface area contributed by atoms with E-state index in [1.807, 2.05) is 4.90 Å². The molecular weight excluding hydrogens is 470 g/mol. The topological polar surface area (TPSA) is 89.5 Å². The molecule has 0 unspecified atom stereocenters. The first-order valence-electron chi connectivity index (χ1n) is 10.7. The van der Waals surface area contributed by atoms with E-state index in [0.717, 1.165) is 6.07 Å². The van der Waals surface area contributed by atoms with Gasteiger partial charge in [0.05, 0.1) is 30.9 Å². The van der Waals surface area contributed by atoms with Crippen LogP contribution in [0.4, 0.5) is 35.0 Å². The van der Waals surface area contributed by atoms with Crippen LogP contribution in [0.3, 0.4) is 0 Å². The van der Waals surface area contributed by atoms with Crippen molar-refractivity contribution in [1.82, 2.24) is 15.0 Å². The van der Waals surface area contributed by atoms with Crippen molar-refractivity contribution in [3.63, 3.8) is 0 Å². The summed E-state index contributed by atoms with van der Waals surface area (Å²) in [5, 5.41) is 2.71. The zero-order valence-electron chi connectivity index (χ0n) is 18.6. The Hall–Kier alpha value is -3.80. The molecular formula is C23H21F4N5O3. The molecule has 1 saturated heterocycles. The van der Waals surface area contributed by atoms with Gasteiger partial charge in [-0.15, -0.1) is 0 Å². The molecule has 0 atom stereocenters. The molecule has 0 aliphatic carbocycles. The summed E-state index contributed by atoms with van der Waals surface area (Å²) in [5.41, 5.74) is -0.0406. The molecule has 4 rings (SSSR count). The number of alkyl halides is 3. The minimum absolute atomic E-state index is 0.0180. The highest BCUT2D eigenvalue weighted by atomic mass is 19.4. The van der Waals surface area contributed by atoms with Gasteiger partial charge in [-0.3, -0.25) is 4.98 Å². The number of morpholine rings is 1. The van der Waals surface area contributed by atoms with Crippen LogP contribution in [0.2, 0.25) is 0 Å². The molecule has 0 radical (unpaired) electrons. The first-order chi connectivity index (χ1) is 16.8. The van der Waals surface area contributed by atoms with Crippen molar-refractivity contribution < 1.29 is 31.8 Å². The van der Waals surface area contributed by atoms with Crippen LogP contribution in [0, 0.1) is 5.82 Å². The number of rotatable bonds is 6. The van der Waals surface area contributed by atoms with Gasteiger partial charge in [-0.25, -0.2) is 14.2 Å². The molecule has 0 bridgehead atoms. The Morgan fingerprint density at radius 1 is 1.17 bits per heavy atom. The van der Waals surface area contributed by atoms with Crippen LogP contribution in [-0.2, 0) is 15.7 Å². The maximum atomic E-state index is 13.7. The number of nitrogens with one attached hydrogen (secondary N) is 1. The second-order valence-corrected chi connectivity index (χ2v) is 7.53. The highest BCUT2D eigenvalue weighted by Crippen LogP contribution is 2.34. The molecule has 0 saturated carbocycles. The van der Waals surface area contributed by atoms with Crippen molar-refractivity contribution in [2.45, 2.75) is 13.1 Å². The Bertz CT molecular complexity index is 1220. The summed E-state index contributed by atoms with van der Waals surface area (Å²) in [4.78, 5) is 27.0. The number of benzene rings is 1. The van der Waals surface area contributed by atoms with Gasteiger partial charge in [0.25, 0.3) is 0 Å². The third kappa shape index (κ3) is 5.65. The van der Waals surface area contributed by atoms with E-state index < -0.39 is 23.5 Å². The van der Waals surface area contributed by atoms with Crippen molar-refractivity contribution in [3.05, 3.63) is 59.8 Å². The number of carbonyl (C=O) groups is 1. The van der Waals surface area contributed by atoms with Crippen molar-refractivity contribution >= 4 is 23.4 Å². The number of carbonyl (C=O) groups excluding carboxylic acids is 1. The molecule has 8 nitrogen and oxygen atoms in total. The molecule has 184 valence electrons. The number of aromatic nitrogens is 3. The molecule has 12 heteroatoms. The smallest absolute Gasteiger partial charge is 0.419 e. The predicted octanol–water partition coefficient (Wildman–Crippen LogP) is 4.45. The van der Waals surface area contributed by atoms with Gasteiger partial charge >= 0.3 is 12.1 Å². The van der Waals surface area contributed by atoms with Crippen molar-refractivity contribution in [3.8, 4) is 11.1 Å². The second kappa shape index (κ2) is 10.2. The van der Waals surface area contributed by atoms with Crippen molar-refractivity contribution in [1.29, 1.82) is 0 Å². The molecule has 1 aliphatic heterocycles. The van der Waals surface area contributed by atoms with Gasteiger partial charge in [0, 0.05) is 48.5 Å². The molecule has 1 fully saturated rings. The lowest BCUT2D eigenvalue weighted by atomic mass is 10.1. The van der Waals surface area contributed by atoms with E-state index in [1.54, 1.807) is 19.2 Å². The van der Waals surface area contributed by atoms with E-state index in [0.29, 0.717) is 49.3 Å². The van der Waals surface area contributed by atoms with Crippen molar-refractivity contribution in [2.24, 2.45) is 0 Å². The zero-order chi connectivity index (χ0) is 25.0. The normalized spacial score (nSPS) is 14.0. The summed E-state index contributed by atoms with van der Waals surface area (Å²) in [5.74, 6) is -1.40. The quantitative estimate of drug-likeness (QED) is 0.400. The Morgan fingerprint density at radius 3 is 2.66 bits per heavy atom. The lowest BCUT2D eigenvalue weighted by Gasteiger charge is -2.29. The Kier molecular flexibility index (Phi) is 7.10. The first-order valence-corrected chi connectivity index (χ1v) is 10.7. The maximum Gasteiger partial charge on any atom is 0.419 e. The highest BCUT2D eigenvalue weighted by molar-refractivity contribution is 5.91. The lowest BCUT2D eigenvalue weighted by Crippen LogP contribution is -2.37. The number of ether oxygens (including phenoxy) is 2. The standard InChI is InChI=1S/C23H21F4N5O3/c1-2-35-21(33)15-9-14(11-28-12-15)17-13-29-22(31-20(17)32-5-7-34-8-6-32)30-16-3-4-19(24)18(10-16)23(25,26)27/h3-4,9-13H,2,5-8H2,1H3,(H,29,30,31). The van der Waals surface area contributed by atoms with E-state index in [1.165, 1.54) is 18.5 Å². The van der Waals surface area contributed by atoms with E-state index >= 15 is 0 Å². The van der Waals surface area contributed by atoms with Gasteiger partial charge in [0.15, 0.2) is 0 Å². The van der Waals surface area contributed by atoms with E-state index in [4.69, 9.17) is 9.47 Å². The summed E-state index contributed by atoms with van der Waals surface area (Å²) in [6, 6.07) is 4.17. The first kappa shape index (κ1) is 24.3. The van der Waals surface area contributed by atoms with Crippen LogP contribution in [-0.4, -0.2) is 53.8 Å². The van der Waals surface area contributed by atoms with E-state index in [-0.39, 0.29) is 23.8 Å². The summed E-state index contributed by atoms with van der Waals surface area (Å²) in [6.45, 7) is 3.86. The second-order valence-electron chi connectivity index (χ2n) is 7.53. The molecule has 0 spiro atoms. The minimum Gasteiger partial charge on any atom is -0.462 e. The van der Waals surface area contributed by atoms with Crippen LogP contribution in [0.25, 0.3) is 11.1 Å². The largest absolute Gasteiger partial charge is 0.462 e. The molecule has 35 heavy (non-hydrogen) atoms. The highest BCUT2D eigenvalue weighted by Gasteiger charge is 2.34. The van der Waals surface area contributed by atoms with Gasteiger partial charge in [-0.2, -0.15) is 18.2 Å². The summed E-state index contributed by atoms with van der Waals surface area (Å²) in [7, 11) is 0. The van der Waals surface area contributed by atoms with Crippen LogP contribution in [0.5, 0.6) is 0 Å². The maximum absolute atomic E-state index is 13.7. The average molecular weight is 491 g/mol. The Balaban J connectivity index is 1.71. The summed E-state index contributed by atoms with van der Waals surface area (Å²) < 4.78 is 63.4. The predicted molar refractivity (Wildman–Crippen MR) is 119 cm³/mol. The van der Waals surface area contributed by atoms with Crippen LogP contribution in [0.15, 0.2) is 42.9 Å². The molecule has 1 aromatic carbocycles. The number of hydrogen-bond acceptors (Lipinski definition) is 8. The molecule has 2 aromatic heterocycles. The van der Waals surface area contributed by atoms with Gasteiger partial charge in [0.1, 0.15) is 11.6 Å². The molecule has 1 N–H and O–H groups in total. The van der Waals surface area contributed by atoms with E-state index in [9.17, 15) is 22.4 Å². The SMILES string of the molecule is CCOC(=O)c1cncc(-c2cnc(Nc3ccc(F)c(C(F)(F)F)c3)nc2N2CCOCC2)c1. The number of esters is 1. The van der Waals surface area contributed by atoms with Gasteiger partial charge in [-0.05, 0) is 31.2 Å². The number of anilines is 3. The molecule has 0 amide bonds. The van der Waals surface area contributed by atoms with Crippen molar-refractivity contribution in [2.75, 3.05) is 43.1 Å². The molecule has 3 aromatic rings.